The Morgan fingerprint density at radius 1 is 1.06 bits per heavy atom. The van der Waals surface area contributed by atoms with E-state index in [2.05, 4.69) is 6.58 Å². The van der Waals surface area contributed by atoms with E-state index in [0.29, 0.717) is 25.7 Å². The van der Waals surface area contributed by atoms with Crippen molar-refractivity contribution in [2.45, 2.75) is 25.7 Å². The van der Waals surface area contributed by atoms with Crippen LogP contribution in [0.25, 0.3) is 5.57 Å². The summed E-state index contributed by atoms with van der Waals surface area (Å²) in [7, 11) is 0. The minimum atomic E-state index is -0.915. The highest BCUT2D eigenvalue weighted by Gasteiger charge is 2.52. The monoisotopic (exact) mass is 226 g/mol. The Bertz CT molecular complexity index is 524. The lowest BCUT2D eigenvalue weighted by Crippen LogP contribution is -2.42. The average Bonchev–Trinajstić information content (AvgIpc) is 2.62. The molecule has 0 atom stereocenters. The van der Waals surface area contributed by atoms with Crippen LogP contribution in [0, 0.1) is 5.41 Å². The van der Waals surface area contributed by atoms with Gasteiger partial charge in [-0.2, -0.15) is 0 Å². The van der Waals surface area contributed by atoms with Crippen molar-refractivity contribution >= 4 is 17.1 Å². The van der Waals surface area contributed by atoms with Gasteiger partial charge < -0.3 is 0 Å². The van der Waals surface area contributed by atoms with Gasteiger partial charge in [0.05, 0.1) is 0 Å². The molecule has 0 bridgehead atoms. The fraction of sp³-hybridized carbons (Fsp3) is 0.333. The quantitative estimate of drug-likeness (QED) is 0.637. The first-order chi connectivity index (χ1) is 8.16. The van der Waals surface area contributed by atoms with Crippen LogP contribution in [0.1, 0.15) is 30.4 Å². The van der Waals surface area contributed by atoms with Crippen molar-refractivity contribution in [1.29, 1.82) is 0 Å². The van der Waals surface area contributed by atoms with E-state index >= 15 is 0 Å². The fourth-order valence-corrected chi connectivity index (χ4v) is 3.12. The van der Waals surface area contributed by atoms with Crippen LogP contribution in [0.15, 0.2) is 30.8 Å². The van der Waals surface area contributed by atoms with Gasteiger partial charge in [0.25, 0.3) is 0 Å². The van der Waals surface area contributed by atoms with Gasteiger partial charge in [0.1, 0.15) is 5.41 Å². The predicted molar refractivity (Wildman–Crippen MR) is 65.5 cm³/mol. The molecule has 1 aromatic rings. The van der Waals surface area contributed by atoms with Crippen LogP contribution in [0.4, 0.5) is 0 Å². The molecule has 2 aliphatic carbocycles. The van der Waals surface area contributed by atoms with Crippen LogP contribution in [0.5, 0.6) is 0 Å². The lowest BCUT2D eigenvalue weighted by Gasteiger charge is -2.31. The van der Waals surface area contributed by atoms with Gasteiger partial charge in [0.15, 0.2) is 11.6 Å². The Morgan fingerprint density at radius 3 is 2.35 bits per heavy atom. The van der Waals surface area contributed by atoms with Gasteiger partial charge in [0, 0.05) is 12.8 Å². The highest BCUT2D eigenvalue weighted by molar-refractivity contribution is 6.20. The second-order valence-corrected chi connectivity index (χ2v) is 4.92. The minimum absolute atomic E-state index is 0.0648. The lowest BCUT2D eigenvalue weighted by molar-refractivity contribution is -0.139. The van der Waals surface area contributed by atoms with Crippen LogP contribution < -0.4 is 0 Å². The number of hydrogen-bond acceptors (Lipinski definition) is 2. The first-order valence-corrected chi connectivity index (χ1v) is 6.00. The molecule has 0 heterocycles. The molecule has 0 aliphatic heterocycles. The maximum Gasteiger partial charge on any atom is 0.151 e. The molecule has 0 amide bonds. The molecular formula is C15H14O2. The summed E-state index contributed by atoms with van der Waals surface area (Å²) in [6.45, 7) is 4.03. The van der Waals surface area contributed by atoms with Crippen molar-refractivity contribution in [1.82, 2.24) is 0 Å². The number of Topliss-reactive ketones (excluding diaryl/α,β-unsaturated/α-hetero) is 2. The number of allylic oxidation sites excluding steroid dienone is 1. The largest absolute Gasteiger partial charge is 0.298 e. The molecule has 1 spiro atoms. The summed E-state index contributed by atoms with van der Waals surface area (Å²) in [5.74, 6) is 0.130. The molecule has 3 rings (SSSR count). The summed E-state index contributed by atoms with van der Waals surface area (Å²) in [5, 5.41) is 0. The molecular weight excluding hydrogens is 212 g/mol. The third kappa shape index (κ3) is 1.21. The topological polar surface area (TPSA) is 34.1 Å². The van der Waals surface area contributed by atoms with E-state index in [1.54, 1.807) is 0 Å². The van der Waals surface area contributed by atoms with E-state index in [0.717, 1.165) is 16.7 Å². The van der Waals surface area contributed by atoms with Gasteiger partial charge in [-0.1, -0.05) is 30.8 Å². The summed E-state index contributed by atoms with van der Waals surface area (Å²) in [6, 6.07) is 7.83. The molecule has 0 radical (unpaired) electrons. The van der Waals surface area contributed by atoms with E-state index in [4.69, 9.17) is 0 Å². The van der Waals surface area contributed by atoms with Crippen LogP contribution in [0.3, 0.4) is 0 Å². The zero-order valence-electron chi connectivity index (χ0n) is 9.66. The van der Waals surface area contributed by atoms with Crippen molar-refractivity contribution in [3.05, 3.63) is 42.0 Å². The number of carbonyl (C=O) groups excluding carboxylic acids is 2. The van der Waals surface area contributed by atoms with Crippen LogP contribution >= 0.6 is 0 Å². The predicted octanol–water partition coefficient (Wildman–Crippen LogP) is 2.56. The molecule has 1 aromatic carbocycles. The Balaban J connectivity index is 2.16. The summed E-state index contributed by atoms with van der Waals surface area (Å²) in [4.78, 5) is 24.5. The summed E-state index contributed by atoms with van der Waals surface area (Å²) in [6.07, 6.45) is 2.25. The van der Waals surface area contributed by atoms with Crippen molar-refractivity contribution in [3.8, 4) is 0 Å². The van der Waals surface area contributed by atoms with Crippen LogP contribution in [0.2, 0.25) is 0 Å². The van der Waals surface area contributed by atoms with Gasteiger partial charge in [-0.3, -0.25) is 9.59 Å². The SMILES string of the molecule is C=C1c2ccccc2CC12C(=O)CCCC2=O. The molecule has 2 heteroatoms. The fourth-order valence-electron chi connectivity index (χ4n) is 3.12. The van der Waals surface area contributed by atoms with Crippen molar-refractivity contribution in [2.75, 3.05) is 0 Å². The third-order valence-electron chi connectivity index (χ3n) is 4.07. The molecule has 0 saturated heterocycles. The van der Waals surface area contributed by atoms with E-state index in [1.165, 1.54) is 0 Å². The molecule has 0 aromatic heterocycles. The van der Waals surface area contributed by atoms with Crippen molar-refractivity contribution < 1.29 is 9.59 Å². The molecule has 0 N–H and O–H groups in total. The Kier molecular flexibility index (Phi) is 2.09. The summed E-state index contributed by atoms with van der Waals surface area (Å²) >= 11 is 0. The van der Waals surface area contributed by atoms with E-state index in [1.807, 2.05) is 24.3 Å². The Morgan fingerprint density at radius 2 is 1.71 bits per heavy atom. The number of hydrogen-bond donors (Lipinski definition) is 0. The third-order valence-corrected chi connectivity index (χ3v) is 4.07. The molecule has 2 aliphatic rings. The zero-order chi connectivity index (χ0) is 12.0. The Labute approximate surface area is 100 Å². The van der Waals surface area contributed by atoms with Crippen LogP contribution in [-0.4, -0.2) is 11.6 Å². The standard InChI is InChI=1S/C15H14O2/c1-10-12-6-3-2-5-11(12)9-15(10)13(16)7-4-8-14(15)17/h2-3,5-6H,1,4,7-9H2. The first-order valence-electron chi connectivity index (χ1n) is 6.00. The van der Waals surface area contributed by atoms with E-state index in [-0.39, 0.29) is 11.6 Å². The van der Waals surface area contributed by atoms with Crippen molar-refractivity contribution in [3.63, 3.8) is 0 Å². The molecule has 1 fully saturated rings. The van der Waals surface area contributed by atoms with Gasteiger partial charge >= 0.3 is 0 Å². The normalized spacial score (nSPS) is 22.0. The highest BCUT2D eigenvalue weighted by Crippen LogP contribution is 2.50. The second kappa shape index (κ2) is 3.39. The smallest absolute Gasteiger partial charge is 0.151 e. The molecule has 1 saturated carbocycles. The van der Waals surface area contributed by atoms with E-state index < -0.39 is 5.41 Å². The lowest BCUT2D eigenvalue weighted by atomic mass is 9.68. The van der Waals surface area contributed by atoms with Gasteiger partial charge in [0.2, 0.25) is 0 Å². The van der Waals surface area contributed by atoms with E-state index in [9.17, 15) is 9.59 Å². The number of fused-ring (bicyclic) bond motifs is 1. The molecule has 86 valence electrons. The number of carbonyl (C=O) groups is 2. The number of rotatable bonds is 0. The summed E-state index contributed by atoms with van der Waals surface area (Å²) in [5.41, 5.74) is 1.89. The maximum absolute atomic E-state index is 12.2. The average molecular weight is 226 g/mol. The molecule has 2 nitrogen and oxygen atoms in total. The highest BCUT2D eigenvalue weighted by atomic mass is 16.2. The van der Waals surface area contributed by atoms with Crippen molar-refractivity contribution in [2.24, 2.45) is 5.41 Å². The number of benzene rings is 1. The van der Waals surface area contributed by atoms with Gasteiger partial charge in [-0.25, -0.2) is 0 Å². The van der Waals surface area contributed by atoms with Gasteiger partial charge in [-0.05, 0) is 29.5 Å². The first kappa shape index (κ1) is 10.5. The second-order valence-electron chi connectivity index (χ2n) is 4.92. The zero-order valence-corrected chi connectivity index (χ0v) is 9.66. The van der Waals surface area contributed by atoms with Gasteiger partial charge in [-0.15, -0.1) is 0 Å². The number of ketones is 2. The Hall–Kier alpha value is -1.70. The molecule has 17 heavy (non-hydrogen) atoms. The molecule has 0 unspecified atom stereocenters. The minimum Gasteiger partial charge on any atom is -0.298 e. The van der Waals surface area contributed by atoms with Crippen LogP contribution in [-0.2, 0) is 16.0 Å². The maximum atomic E-state index is 12.2. The summed E-state index contributed by atoms with van der Waals surface area (Å²) < 4.78 is 0.